The van der Waals surface area contributed by atoms with Crippen molar-refractivity contribution in [1.29, 1.82) is 0 Å². The van der Waals surface area contributed by atoms with Gasteiger partial charge in [0.1, 0.15) is 0 Å². The molecule has 0 saturated heterocycles. The van der Waals surface area contributed by atoms with Crippen LogP contribution in [0.25, 0.3) is 0 Å². The third kappa shape index (κ3) is 2.18. The van der Waals surface area contributed by atoms with Crippen LogP contribution in [0, 0.1) is 5.95 Å². The number of nitrogens with one attached hydrogen (secondary N) is 1. The normalized spacial score (nSPS) is 18.2. The maximum absolute atomic E-state index is 12.8. The molecule has 3 nitrogen and oxygen atoms in total. The molecule has 0 radical (unpaired) electrons. The average Bonchev–Trinajstić information content (AvgIpc) is 2.42. The van der Waals surface area contributed by atoms with Gasteiger partial charge in [0, 0.05) is 6.20 Å². The number of anilines is 1. The molecule has 2 aromatic heterocycles. The van der Waals surface area contributed by atoms with Gasteiger partial charge < -0.3 is 5.32 Å². The van der Waals surface area contributed by atoms with Crippen molar-refractivity contribution in [1.82, 2.24) is 9.97 Å². The Kier molecular flexibility index (Phi) is 2.92. The molecule has 0 saturated carbocycles. The minimum Gasteiger partial charge on any atom is -0.375 e. The van der Waals surface area contributed by atoms with E-state index in [9.17, 15) is 4.39 Å². The van der Waals surface area contributed by atoms with Crippen LogP contribution in [0.1, 0.15) is 30.1 Å². The Morgan fingerprint density at radius 2 is 2.17 bits per heavy atom. The Labute approximate surface area is 105 Å². The van der Waals surface area contributed by atoms with Gasteiger partial charge in [-0.1, -0.05) is 6.07 Å². The summed E-state index contributed by atoms with van der Waals surface area (Å²) in [6, 6.07) is 7.37. The summed E-state index contributed by atoms with van der Waals surface area (Å²) in [5.74, 6) is -0.456. The highest BCUT2D eigenvalue weighted by Crippen LogP contribution is 2.30. The molecule has 0 spiro atoms. The first-order chi connectivity index (χ1) is 8.83. The summed E-state index contributed by atoms with van der Waals surface area (Å²) < 4.78 is 12.8. The van der Waals surface area contributed by atoms with Crippen molar-refractivity contribution < 1.29 is 4.39 Å². The zero-order chi connectivity index (χ0) is 12.4. The molecule has 0 aromatic carbocycles. The number of rotatable bonds is 2. The predicted molar refractivity (Wildman–Crippen MR) is 67.7 cm³/mol. The summed E-state index contributed by atoms with van der Waals surface area (Å²) in [5, 5.41) is 3.37. The van der Waals surface area contributed by atoms with Crippen LogP contribution in [0.4, 0.5) is 10.1 Å². The van der Waals surface area contributed by atoms with Gasteiger partial charge in [-0.25, -0.2) is 4.98 Å². The van der Waals surface area contributed by atoms with E-state index in [-0.39, 0.29) is 6.04 Å². The fourth-order valence-electron chi connectivity index (χ4n) is 2.41. The Hall–Kier alpha value is -1.97. The van der Waals surface area contributed by atoms with Gasteiger partial charge in [-0.2, -0.15) is 4.39 Å². The smallest absolute Gasteiger partial charge is 0.212 e. The van der Waals surface area contributed by atoms with E-state index in [1.165, 1.54) is 17.8 Å². The lowest BCUT2D eigenvalue weighted by Crippen LogP contribution is -2.18. The molecule has 1 unspecified atom stereocenters. The SMILES string of the molecule is Fc1ccc(NC2CCCc3cccnc32)cn1. The summed E-state index contributed by atoms with van der Waals surface area (Å²) >= 11 is 0. The average molecular weight is 243 g/mol. The predicted octanol–water partition coefficient (Wildman–Crippen LogP) is 3.11. The maximum atomic E-state index is 12.8. The highest BCUT2D eigenvalue weighted by atomic mass is 19.1. The number of halogens is 1. The molecule has 1 aliphatic rings. The second-order valence-corrected chi connectivity index (χ2v) is 4.51. The molecule has 0 aliphatic heterocycles. The largest absolute Gasteiger partial charge is 0.375 e. The first-order valence-corrected chi connectivity index (χ1v) is 6.15. The van der Waals surface area contributed by atoms with Crippen LogP contribution in [0.3, 0.4) is 0 Å². The van der Waals surface area contributed by atoms with E-state index in [1.54, 1.807) is 6.07 Å². The third-order valence-electron chi connectivity index (χ3n) is 3.26. The number of aromatic nitrogens is 2. The van der Waals surface area contributed by atoms with Gasteiger partial charge >= 0.3 is 0 Å². The molecule has 4 heteroatoms. The fourth-order valence-corrected chi connectivity index (χ4v) is 2.41. The van der Waals surface area contributed by atoms with Crippen molar-refractivity contribution in [3.63, 3.8) is 0 Å². The van der Waals surface area contributed by atoms with Crippen LogP contribution in [0.5, 0.6) is 0 Å². The Bertz CT molecular complexity index is 539. The lowest BCUT2D eigenvalue weighted by Gasteiger charge is -2.25. The van der Waals surface area contributed by atoms with Gasteiger partial charge in [-0.05, 0) is 43.0 Å². The molecule has 2 aromatic rings. The quantitative estimate of drug-likeness (QED) is 0.823. The van der Waals surface area contributed by atoms with Crippen LogP contribution in [0.15, 0.2) is 36.7 Å². The number of hydrogen-bond donors (Lipinski definition) is 1. The summed E-state index contributed by atoms with van der Waals surface area (Å²) in [6.45, 7) is 0. The van der Waals surface area contributed by atoms with Crippen molar-refractivity contribution in [3.05, 3.63) is 53.9 Å². The number of pyridine rings is 2. The van der Waals surface area contributed by atoms with Crippen LogP contribution < -0.4 is 5.32 Å². The standard InChI is InChI=1S/C14H14FN3/c15-13-7-6-11(9-17-13)18-12-5-1-3-10-4-2-8-16-14(10)12/h2,4,6-9,12,18H,1,3,5H2. The molecule has 3 rings (SSSR count). The Balaban J connectivity index is 1.84. The van der Waals surface area contributed by atoms with Crippen LogP contribution in [0.2, 0.25) is 0 Å². The molecule has 1 aliphatic carbocycles. The van der Waals surface area contributed by atoms with Gasteiger partial charge in [0.05, 0.1) is 23.6 Å². The zero-order valence-corrected chi connectivity index (χ0v) is 9.94. The third-order valence-corrected chi connectivity index (χ3v) is 3.26. The number of aryl methyl sites for hydroxylation is 1. The second-order valence-electron chi connectivity index (χ2n) is 4.51. The van der Waals surface area contributed by atoms with Gasteiger partial charge in [0.2, 0.25) is 5.95 Å². The van der Waals surface area contributed by atoms with Crippen LogP contribution >= 0.6 is 0 Å². The molecule has 0 amide bonds. The van der Waals surface area contributed by atoms with E-state index in [0.717, 1.165) is 30.6 Å². The highest BCUT2D eigenvalue weighted by molar-refractivity contribution is 5.43. The molecule has 0 bridgehead atoms. The fraction of sp³-hybridized carbons (Fsp3) is 0.286. The van der Waals surface area contributed by atoms with Crippen molar-refractivity contribution in [2.24, 2.45) is 0 Å². The first-order valence-electron chi connectivity index (χ1n) is 6.15. The number of nitrogens with zero attached hydrogens (tertiary/aromatic N) is 2. The molecule has 1 N–H and O–H groups in total. The molecule has 92 valence electrons. The summed E-state index contributed by atoms with van der Waals surface area (Å²) in [6.07, 6.45) is 6.61. The first kappa shape index (κ1) is 11.1. The van der Waals surface area contributed by atoms with Gasteiger partial charge in [0.25, 0.3) is 0 Å². The number of hydrogen-bond acceptors (Lipinski definition) is 3. The molecular weight excluding hydrogens is 229 g/mol. The Morgan fingerprint density at radius 3 is 3.00 bits per heavy atom. The highest BCUT2D eigenvalue weighted by Gasteiger charge is 2.20. The number of fused-ring (bicyclic) bond motifs is 1. The Morgan fingerprint density at radius 1 is 1.22 bits per heavy atom. The van der Waals surface area contributed by atoms with Crippen LogP contribution in [-0.2, 0) is 6.42 Å². The van der Waals surface area contributed by atoms with Crippen molar-refractivity contribution >= 4 is 5.69 Å². The van der Waals surface area contributed by atoms with E-state index in [0.29, 0.717) is 0 Å². The van der Waals surface area contributed by atoms with Crippen molar-refractivity contribution in [2.45, 2.75) is 25.3 Å². The van der Waals surface area contributed by atoms with Gasteiger partial charge in [-0.3, -0.25) is 4.98 Å². The minimum atomic E-state index is -0.456. The van der Waals surface area contributed by atoms with E-state index < -0.39 is 5.95 Å². The van der Waals surface area contributed by atoms with E-state index in [2.05, 4.69) is 21.4 Å². The molecule has 18 heavy (non-hydrogen) atoms. The van der Waals surface area contributed by atoms with E-state index in [1.807, 2.05) is 12.3 Å². The van der Waals surface area contributed by atoms with E-state index >= 15 is 0 Å². The molecule has 1 atom stereocenters. The van der Waals surface area contributed by atoms with Crippen LogP contribution in [-0.4, -0.2) is 9.97 Å². The van der Waals surface area contributed by atoms with Gasteiger partial charge in [-0.15, -0.1) is 0 Å². The lowest BCUT2D eigenvalue weighted by atomic mass is 9.92. The molecule has 2 heterocycles. The zero-order valence-electron chi connectivity index (χ0n) is 9.94. The van der Waals surface area contributed by atoms with Crippen molar-refractivity contribution in [3.8, 4) is 0 Å². The molecular formula is C14H14FN3. The summed E-state index contributed by atoms with van der Waals surface area (Å²) in [7, 11) is 0. The monoisotopic (exact) mass is 243 g/mol. The lowest BCUT2D eigenvalue weighted by molar-refractivity contribution is 0.576. The second kappa shape index (κ2) is 4.72. The summed E-state index contributed by atoms with van der Waals surface area (Å²) in [4.78, 5) is 8.11. The van der Waals surface area contributed by atoms with Gasteiger partial charge in [0.15, 0.2) is 0 Å². The van der Waals surface area contributed by atoms with E-state index in [4.69, 9.17) is 0 Å². The van der Waals surface area contributed by atoms with Crippen molar-refractivity contribution in [2.75, 3.05) is 5.32 Å². The molecule has 0 fully saturated rings. The minimum absolute atomic E-state index is 0.196. The maximum Gasteiger partial charge on any atom is 0.212 e. The summed E-state index contributed by atoms with van der Waals surface area (Å²) in [5.41, 5.74) is 3.24. The topological polar surface area (TPSA) is 37.8 Å².